The highest BCUT2D eigenvalue weighted by Crippen LogP contribution is 2.38. The van der Waals surface area contributed by atoms with E-state index < -0.39 is 39.0 Å². The second-order valence-electron chi connectivity index (χ2n) is 6.65. The van der Waals surface area contributed by atoms with Crippen LogP contribution in [-0.4, -0.2) is 89.0 Å². The van der Waals surface area contributed by atoms with Crippen LogP contribution in [0.2, 0.25) is 5.28 Å². The highest BCUT2D eigenvalue weighted by atomic mass is 35.5. The maximum absolute atomic E-state index is 10.7. The van der Waals surface area contributed by atoms with Crippen molar-refractivity contribution in [2.75, 3.05) is 32.0 Å². The fourth-order valence-corrected chi connectivity index (χ4v) is 3.55. The Bertz CT molecular complexity index is 902. The van der Waals surface area contributed by atoms with E-state index in [0.717, 1.165) is 0 Å². The van der Waals surface area contributed by atoms with Crippen LogP contribution in [-0.2, 0) is 13.8 Å². The minimum atomic E-state index is -4.74. The van der Waals surface area contributed by atoms with Gasteiger partial charge >= 0.3 is 7.82 Å². The molecule has 3 rings (SSSR count). The third-order valence-corrected chi connectivity index (χ3v) is 5.44. The number of hydrogen-bond acceptors (Lipinski definition) is 10. The van der Waals surface area contributed by atoms with Crippen LogP contribution in [0.5, 0.6) is 0 Å². The molecule has 1 aliphatic rings. The highest BCUT2D eigenvalue weighted by molar-refractivity contribution is 7.46. The molecule has 2 aromatic heterocycles. The molecule has 0 saturated carbocycles. The average molecular weight is 483 g/mol. The predicted molar refractivity (Wildman–Crippen MR) is 112 cm³/mol. The van der Waals surface area contributed by atoms with Crippen LogP contribution in [0.3, 0.4) is 0 Å². The number of nitrogens with two attached hydrogens (primary N) is 1. The summed E-state index contributed by atoms with van der Waals surface area (Å²) in [6.45, 7) is 9.50. The molecule has 6 N–H and O–H groups in total. The topological polar surface area (TPSA) is 189 Å². The molecular weight excluding hydrogens is 455 g/mol. The molecule has 31 heavy (non-hydrogen) atoms. The predicted octanol–water partition coefficient (Wildman–Crippen LogP) is 0.138. The maximum Gasteiger partial charge on any atom is 0.469 e. The van der Waals surface area contributed by atoms with Gasteiger partial charge in [-0.1, -0.05) is 20.8 Å². The van der Waals surface area contributed by atoms with Gasteiger partial charge in [-0.3, -0.25) is 9.09 Å². The van der Waals surface area contributed by atoms with Gasteiger partial charge in [-0.25, -0.2) is 9.55 Å². The molecule has 4 unspecified atom stereocenters. The minimum Gasteiger partial charge on any atom is -0.387 e. The van der Waals surface area contributed by atoms with E-state index in [1.54, 1.807) is 0 Å². The molecule has 1 aliphatic heterocycles. The molecule has 0 amide bonds. The van der Waals surface area contributed by atoms with Crippen LogP contribution in [0.1, 0.15) is 27.0 Å². The lowest BCUT2D eigenvalue weighted by Crippen LogP contribution is -2.33. The van der Waals surface area contributed by atoms with Gasteiger partial charge in [-0.05, 0) is 31.2 Å². The zero-order valence-electron chi connectivity index (χ0n) is 17.4. The Hall–Kier alpha value is -1.41. The van der Waals surface area contributed by atoms with Crippen molar-refractivity contribution in [1.29, 1.82) is 0 Å². The average Bonchev–Trinajstić information content (AvgIpc) is 3.23. The summed E-state index contributed by atoms with van der Waals surface area (Å²) in [7, 11) is -4.74. The summed E-state index contributed by atoms with van der Waals surface area (Å²) in [4.78, 5) is 31.5. The van der Waals surface area contributed by atoms with Crippen molar-refractivity contribution in [3.8, 4) is 0 Å². The summed E-state index contributed by atoms with van der Waals surface area (Å²) in [6.07, 6.45) is -3.93. The minimum absolute atomic E-state index is 0.0261. The lowest BCUT2D eigenvalue weighted by Gasteiger charge is -2.16. The van der Waals surface area contributed by atoms with Crippen molar-refractivity contribution in [2.24, 2.45) is 0 Å². The van der Waals surface area contributed by atoms with Crippen LogP contribution >= 0.6 is 19.4 Å². The molecule has 13 nitrogen and oxygen atoms in total. The Labute approximate surface area is 184 Å². The Kier molecular flexibility index (Phi) is 9.13. The van der Waals surface area contributed by atoms with Gasteiger partial charge < -0.3 is 35.4 Å². The van der Waals surface area contributed by atoms with Crippen LogP contribution in [0.4, 0.5) is 5.82 Å². The first kappa shape index (κ1) is 25.8. The Morgan fingerprint density at radius 1 is 1.23 bits per heavy atom. The van der Waals surface area contributed by atoms with Crippen LogP contribution in [0, 0.1) is 0 Å². The van der Waals surface area contributed by atoms with Crippen molar-refractivity contribution in [3.05, 3.63) is 11.6 Å². The summed E-state index contributed by atoms with van der Waals surface area (Å²) < 4.78 is 21.8. The van der Waals surface area contributed by atoms with E-state index in [-0.39, 0.29) is 22.3 Å². The van der Waals surface area contributed by atoms with Crippen molar-refractivity contribution in [3.63, 3.8) is 0 Å². The summed E-state index contributed by atoms with van der Waals surface area (Å²) in [5.74, 6) is 0.0261. The number of nitrogen functional groups attached to an aromatic ring is 1. The normalized spacial score (nSPS) is 23.9. The number of phosphoric ester groups is 1. The molecule has 0 aromatic carbocycles. The zero-order valence-corrected chi connectivity index (χ0v) is 19.0. The standard InChI is InChI=1S/C10H13ClN5O7P.C6H15N/c11-10-14-7(12)4-8(15-10)16(2-13-4)9-6(18)5(17)3(23-9)1-22-24(19,20)21;1-4-7(5-2)6-3/h2-3,5-6,9,17-18H,1H2,(H2,12,14,15)(H2,19,20,21);4-6H2,1-3H3. The largest absolute Gasteiger partial charge is 0.469 e. The number of phosphoric acid groups is 1. The Morgan fingerprint density at radius 3 is 2.35 bits per heavy atom. The molecule has 176 valence electrons. The molecule has 15 heteroatoms. The van der Waals surface area contributed by atoms with Crippen LogP contribution < -0.4 is 5.73 Å². The number of nitrogens with zero attached hydrogens (tertiary/aromatic N) is 5. The fourth-order valence-electron chi connectivity index (χ4n) is 3.04. The van der Waals surface area contributed by atoms with Crippen molar-refractivity contribution in [1.82, 2.24) is 24.4 Å². The molecular formula is C16H28ClN6O7P. The van der Waals surface area contributed by atoms with Gasteiger partial charge in [0.1, 0.15) is 23.8 Å². The van der Waals surface area contributed by atoms with Gasteiger partial charge in [0.2, 0.25) is 5.28 Å². The molecule has 0 aliphatic carbocycles. The first-order valence-corrected chi connectivity index (χ1v) is 11.5. The van der Waals surface area contributed by atoms with Gasteiger partial charge in [0.05, 0.1) is 12.9 Å². The third kappa shape index (κ3) is 6.54. The molecule has 2 aromatic rings. The lowest BCUT2D eigenvalue weighted by atomic mass is 10.1. The van der Waals surface area contributed by atoms with Gasteiger partial charge in [-0.15, -0.1) is 0 Å². The van der Waals surface area contributed by atoms with E-state index in [9.17, 15) is 14.8 Å². The maximum atomic E-state index is 10.7. The number of imidazole rings is 1. The molecule has 0 spiro atoms. The monoisotopic (exact) mass is 482 g/mol. The first-order chi connectivity index (χ1) is 14.5. The van der Waals surface area contributed by atoms with Crippen molar-refractivity contribution in [2.45, 2.75) is 45.3 Å². The van der Waals surface area contributed by atoms with E-state index in [1.165, 1.54) is 30.5 Å². The number of ether oxygens (including phenoxy) is 1. The number of anilines is 1. The Morgan fingerprint density at radius 2 is 1.84 bits per heavy atom. The van der Waals surface area contributed by atoms with Gasteiger partial charge in [0, 0.05) is 0 Å². The number of aromatic nitrogens is 4. The van der Waals surface area contributed by atoms with Gasteiger partial charge in [-0.2, -0.15) is 9.97 Å². The number of aliphatic hydroxyl groups excluding tert-OH is 2. The second-order valence-corrected chi connectivity index (χ2v) is 8.23. The Balaban J connectivity index is 0.000000423. The first-order valence-electron chi connectivity index (χ1n) is 9.61. The van der Waals surface area contributed by atoms with Crippen molar-refractivity contribution < 1.29 is 33.8 Å². The van der Waals surface area contributed by atoms with E-state index in [4.69, 9.17) is 31.9 Å². The van der Waals surface area contributed by atoms with Gasteiger partial charge in [0.15, 0.2) is 17.7 Å². The van der Waals surface area contributed by atoms with E-state index >= 15 is 0 Å². The second kappa shape index (κ2) is 10.9. The third-order valence-electron chi connectivity index (χ3n) is 4.78. The zero-order chi connectivity index (χ0) is 23.3. The quantitative estimate of drug-likeness (QED) is 0.265. The fraction of sp³-hybridized carbons (Fsp3) is 0.688. The molecule has 1 fully saturated rings. The molecule has 0 radical (unpaired) electrons. The molecule has 1 saturated heterocycles. The number of hydrogen-bond donors (Lipinski definition) is 5. The van der Waals surface area contributed by atoms with Crippen molar-refractivity contribution >= 4 is 36.4 Å². The summed E-state index contributed by atoms with van der Waals surface area (Å²) in [5, 5.41) is 20.0. The van der Waals surface area contributed by atoms with E-state index in [1.807, 2.05) is 0 Å². The number of rotatable bonds is 7. The molecule has 4 atom stereocenters. The van der Waals surface area contributed by atoms with E-state index in [2.05, 4.69) is 45.1 Å². The van der Waals surface area contributed by atoms with Crippen LogP contribution in [0.15, 0.2) is 6.33 Å². The number of fused-ring (bicyclic) bond motifs is 1. The summed E-state index contributed by atoms with van der Waals surface area (Å²) in [6, 6.07) is 0. The summed E-state index contributed by atoms with van der Waals surface area (Å²) in [5.41, 5.74) is 6.07. The van der Waals surface area contributed by atoms with Crippen LogP contribution in [0.25, 0.3) is 11.2 Å². The highest BCUT2D eigenvalue weighted by Gasteiger charge is 2.45. The van der Waals surface area contributed by atoms with E-state index in [0.29, 0.717) is 0 Å². The molecule has 3 heterocycles. The molecule has 0 bridgehead atoms. The lowest BCUT2D eigenvalue weighted by molar-refractivity contribution is -0.0504. The number of halogens is 1. The smallest absolute Gasteiger partial charge is 0.387 e. The van der Waals surface area contributed by atoms with Gasteiger partial charge in [0.25, 0.3) is 0 Å². The number of aliphatic hydroxyl groups is 2. The SMILES string of the molecule is CCN(CC)CC.Nc1nc(Cl)nc2c1ncn2C1OC(COP(=O)(O)O)C(O)C1O. The summed E-state index contributed by atoms with van der Waals surface area (Å²) >= 11 is 5.75.